The average Bonchev–Trinajstić information content (AvgIpc) is 2.90. The van der Waals surface area contributed by atoms with Crippen molar-refractivity contribution in [2.24, 2.45) is 0 Å². The molecule has 0 bridgehead atoms. The van der Waals surface area contributed by atoms with Gasteiger partial charge >= 0.3 is 0 Å². The Morgan fingerprint density at radius 1 is 0.706 bits per heavy atom. The minimum absolute atomic E-state index is 1.00. The lowest BCUT2D eigenvalue weighted by atomic mass is 10.3. The lowest BCUT2D eigenvalue weighted by Gasteiger charge is -2.00. The van der Waals surface area contributed by atoms with Crippen molar-refractivity contribution in [3.05, 3.63) is 33.6 Å². The van der Waals surface area contributed by atoms with Crippen LogP contribution in [0, 0.1) is 29.1 Å². The molecule has 0 N–H and O–H groups in total. The topological polar surface area (TPSA) is 9.23 Å². The highest BCUT2D eigenvalue weighted by atomic mass is 79.9. The van der Waals surface area contributed by atoms with E-state index in [0.717, 1.165) is 13.2 Å². The maximum atomic E-state index is 12.4. The van der Waals surface area contributed by atoms with Gasteiger partial charge in [0.1, 0.15) is 0 Å². The van der Waals surface area contributed by atoms with Gasteiger partial charge in [-0.1, -0.05) is 0 Å². The number of halogens is 6. The van der Waals surface area contributed by atoms with E-state index in [1.165, 1.54) is 12.8 Å². The van der Waals surface area contributed by atoms with E-state index in [1.54, 1.807) is 0 Å². The Kier molecular flexibility index (Phi) is 5.32. The fraction of sp³-hybridized carbons (Fsp3) is 0.400. The van der Waals surface area contributed by atoms with E-state index < -0.39 is 33.6 Å². The molecule has 2 rings (SSSR count). The van der Waals surface area contributed by atoms with Crippen LogP contribution in [0.4, 0.5) is 22.0 Å². The summed E-state index contributed by atoms with van der Waals surface area (Å²) >= 11 is 2.22. The van der Waals surface area contributed by atoms with Crippen LogP contribution in [0.2, 0.25) is 0 Å². The third-order valence-corrected chi connectivity index (χ3v) is 2.68. The van der Waals surface area contributed by atoms with Crippen molar-refractivity contribution in [1.82, 2.24) is 0 Å². The van der Waals surface area contributed by atoms with E-state index in [4.69, 9.17) is 4.74 Å². The van der Waals surface area contributed by atoms with Crippen molar-refractivity contribution < 1.29 is 26.7 Å². The normalized spacial score (nSPS) is 14.5. The van der Waals surface area contributed by atoms with Gasteiger partial charge in [0.25, 0.3) is 0 Å². The molecule has 1 aliphatic rings. The Morgan fingerprint density at radius 2 is 1.06 bits per heavy atom. The third-order valence-electron chi connectivity index (χ3n) is 1.98. The monoisotopic (exact) mass is 318 g/mol. The molecule has 0 atom stereocenters. The molecule has 0 aromatic heterocycles. The zero-order chi connectivity index (χ0) is 13.0. The van der Waals surface area contributed by atoms with Crippen LogP contribution in [-0.2, 0) is 4.74 Å². The largest absolute Gasteiger partial charge is 0.381 e. The number of benzene rings is 1. The summed E-state index contributed by atoms with van der Waals surface area (Å²) < 4.78 is 65.3. The molecule has 0 aliphatic carbocycles. The molecule has 7 heteroatoms. The van der Waals surface area contributed by atoms with Crippen LogP contribution in [0.25, 0.3) is 0 Å². The fourth-order valence-electron chi connectivity index (χ4n) is 1.09. The van der Waals surface area contributed by atoms with Crippen molar-refractivity contribution in [3.63, 3.8) is 0 Å². The van der Waals surface area contributed by atoms with E-state index in [2.05, 4.69) is 15.9 Å². The Labute approximate surface area is 103 Å². The first-order valence-corrected chi connectivity index (χ1v) is 5.50. The number of hydrogen-bond acceptors (Lipinski definition) is 1. The second-order valence-corrected chi connectivity index (χ2v) is 4.00. The van der Waals surface area contributed by atoms with E-state index in [1.807, 2.05) is 0 Å². The van der Waals surface area contributed by atoms with Crippen LogP contribution < -0.4 is 0 Å². The summed E-state index contributed by atoms with van der Waals surface area (Å²) in [6, 6.07) is 0. The van der Waals surface area contributed by atoms with Gasteiger partial charge < -0.3 is 4.74 Å². The van der Waals surface area contributed by atoms with Crippen molar-refractivity contribution in [1.29, 1.82) is 0 Å². The summed E-state index contributed by atoms with van der Waals surface area (Å²) in [7, 11) is 0. The highest BCUT2D eigenvalue weighted by molar-refractivity contribution is 9.10. The second kappa shape index (κ2) is 6.30. The summed E-state index contributed by atoms with van der Waals surface area (Å²) in [4.78, 5) is 0. The van der Waals surface area contributed by atoms with E-state index in [-0.39, 0.29) is 0 Å². The van der Waals surface area contributed by atoms with E-state index >= 15 is 0 Å². The quantitative estimate of drug-likeness (QED) is 0.400. The molecule has 1 heterocycles. The summed E-state index contributed by atoms with van der Waals surface area (Å²) in [6.07, 6.45) is 2.56. The molecule has 1 aromatic carbocycles. The molecule has 0 unspecified atom stereocenters. The Bertz CT molecular complexity index is 294. The van der Waals surface area contributed by atoms with Crippen LogP contribution in [0.1, 0.15) is 12.8 Å². The summed E-state index contributed by atoms with van der Waals surface area (Å²) in [5.41, 5.74) is 0. The van der Waals surface area contributed by atoms with E-state index in [0.29, 0.717) is 0 Å². The molecule has 0 radical (unpaired) electrons. The first kappa shape index (κ1) is 14.4. The van der Waals surface area contributed by atoms with Gasteiger partial charge in [-0.2, -0.15) is 0 Å². The molecular formula is C10H8BrF5O. The molecule has 1 aromatic rings. The Hall–Kier alpha value is -0.690. The third kappa shape index (κ3) is 3.38. The zero-order valence-electron chi connectivity index (χ0n) is 8.50. The Morgan fingerprint density at radius 3 is 1.35 bits per heavy atom. The van der Waals surface area contributed by atoms with Crippen LogP contribution in [0.5, 0.6) is 0 Å². The molecule has 1 aliphatic heterocycles. The molecule has 0 amide bonds. The van der Waals surface area contributed by atoms with Gasteiger partial charge in [0.2, 0.25) is 5.82 Å². The SMILES string of the molecule is C1CCOC1.Fc1c(F)c(F)c(Br)c(F)c1F. The highest BCUT2D eigenvalue weighted by Crippen LogP contribution is 2.26. The lowest BCUT2D eigenvalue weighted by molar-refractivity contribution is 0.198. The molecule has 0 saturated carbocycles. The lowest BCUT2D eigenvalue weighted by Crippen LogP contribution is -2.01. The van der Waals surface area contributed by atoms with Crippen LogP contribution in [0.15, 0.2) is 4.47 Å². The van der Waals surface area contributed by atoms with Gasteiger partial charge in [-0.3, -0.25) is 0 Å². The van der Waals surface area contributed by atoms with Gasteiger partial charge in [-0.25, -0.2) is 22.0 Å². The van der Waals surface area contributed by atoms with Gasteiger partial charge in [0.05, 0.1) is 4.47 Å². The molecule has 1 saturated heterocycles. The predicted octanol–water partition coefficient (Wildman–Crippen LogP) is 3.94. The maximum Gasteiger partial charge on any atom is 0.200 e. The van der Waals surface area contributed by atoms with Gasteiger partial charge in [0.15, 0.2) is 23.3 Å². The molecule has 1 fully saturated rings. The molecular weight excluding hydrogens is 311 g/mol. The van der Waals surface area contributed by atoms with Crippen LogP contribution in [-0.4, -0.2) is 13.2 Å². The number of ether oxygens (including phenoxy) is 1. The summed E-state index contributed by atoms with van der Waals surface area (Å²) in [6.45, 7) is 2.00. The zero-order valence-corrected chi connectivity index (χ0v) is 10.1. The first-order valence-electron chi connectivity index (χ1n) is 4.71. The molecule has 96 valence electrons. The predicted molar refractivity (Wildman–Crippen MR) is 54.0 cm³/mol. The summed E-state index contributed by atoms with van der Waals surface area (Å²) in [5, 5.41) is 0. The maximum absolute atomic E-state index is 12.4. The summed E-state index contributed by atoms with van der Waals surface area (Å²) in [5.74, 6) is -9.81. The minimum Gasteiger partial charge on any atom is -0.381 e. The van der Waals surface area contributed by atoms with Crippen LogP contribution in [0.3, 0.4) is 0 Å². The standard InChI is InChI=1S/C6BrF5.C4H8O/c7-1-2(8)4(10)6(12)5(11)3(1)9;1-2-4-5-3-1/h;1-4H2. The molecule has 17 heavy (non-hydrogen) atoms. The fourth-order valence-corrected chi connectivity index (χ4v) is 1.44. The van der Waals surface area contributed by atoms with Gasteiger partial charge in [-0.05, 0) is 28.8 Å². The first-order chi connectivity index (χ1) is 7.96. The minimum atomic E-state index is -2.16. The van der Waals surface area contributed by atoms with Crippen LogP contribution >= 0.6 is 15.9 Å². The van der Waals surface area contributed by atoms with Gasteiger partial charge in [0, 0.05) is 13.2 Å². The second-order valence-electron chi connectivity index (χ2n) is 3.20. The number of rotatable bonds is 0. The Balaban J connectivity index is 0.000000239. The van der Waals surface area contributed by atoms with Crippen molar-refractivity contribution in [2.45, 2.75) is 12.8 Å². The number of hydrogen-bond donors (Lipinski definition) is 0. The molecule has 0 spiro atoms. The average molecular weight is 319 g/mol. The van der Waals surface area contributed by atoms with Crippen molar-refractivity contribution in [2.75, 3.05) is 13.2 Å². The van der Waals surface area contributed by atoms with Crippen molar-refractivity contribution in [3.8, 4) is 0 Å². The smallest absolute Gasteiger partial charge is 0.200 e. The molecule has 1 nitrogen and oxygen atoms in total. The van der Waals surface area contributed by atoms with Crippen molar-refractivity contribution >= 4 is 15.9 Å². The van der Waals surface area contributed by atoms with E-state index in [9.17, 15) is 22.0 Å². The van der Waals surface area contributed by atoms with Gasteiger partial charge in [-0.15, -0.1) is 0 Å². The highest BCUT2D eigenvalue weighted by Gasteiger charge is 2.23.